The highest BCUT2D eigenvalue weighted by Crippen LogP contribution is 2.25. The van der Waals surface area contributed by atoms with Crippen molar-refractivity contribution in [2.24, 2.45) is 0 Å². The van der Waals surface area contributed by atoms with Gasteiger partial charge in [0.1, 0.15) is 5.75 Å². The predicted molar refractivity (Wildman–Crippen MR) is 84.0 cm³/mol. The van der Waals surface area contributed by atoms with E-state index in [-0.39, 0.29) is 5.78 Å². The molecule has 1 aromatic carbocycles. The molecule has 0 radical (unpaired) electrons. The molecule has 20 heavy (non-hydrogen) atoms. The van der Waals surface area contributed by atoms with Crippen LogP contribution in [-0.2, 0) is 0 Å². The summed E-state index contributed by atoms with van der Waals surface area (Å²) >= 11 is 6.12. The van der Waals surface area contributed by atoms with Crippen LogP contribution in [0, 0.1) is 0 Å². The molecule has 0 fully saturated rings. The maximum absolute atomic E-state index is 12.3. The summed E-state index contributed by atoms with van der Waals surface area (Å²) in [6.45, 7) is 9.07. The van der Waals surface area contributed by atoms with Gasteiger partial charge in [-0.1, -0.05) is 25.4 Å². The smallest absolute Gasteiger partial charge is 0.176 e. The van der Waals surface area contributed by atoms with E-state index in [2.05, 4.69) is 18.7 Å². The van der Waals surface area contributed by atoms with Crippen molar-refractivity contribution in [2.45, 2.75) is 33.6 Å². The number of nitrogens with zero attached hydrogens (tertiary/aromatic N) is 1. The summed E-state index contributed by atoms with van der Waals surface area (Å²) in [5.74, 6) is 0.738. The fraction of sp³-hybridized carbons (Fsp3) is 0.562. The molecule has 0 aromatic heterocycles. The van der Waals surface area contributed by atoms with Crippen LogP contribution in [0.15, 0.2) is 18.2 Å². The number of carbonyl (C=O) groups is 1. The van der Waals surface area contributed by atoms with Crippen molar-refractivity contribution in [3.63, 3.8) is 0 Å². The van der Waals surface area contributed by atoms with Crippen molar-refractivity contribution in [1.82, 2.24) is 4.90 Å². The summed E-state index contributed by atoms with van der Waals surface area (Å²) in [7, 11) is 0. The number of Topliss-reactive ketones (excluding diaryl/α,β-unsaturated/α-hetero) is 1. The molecule has 3 nitrogen and oxygen atoms in total. The highest BCUT2D eigenvalue weighted by atomic mass is 35.5. The summed E-state index contributed by atoms with van der Waals surface area (Å²) in [6, 6.07) is 5.25. The average Bonchev–Trinajstić information content (AvgIpc) is 2.41. The number of ether oxygens (including phenoxy) is 1. The lowest BCUT2D eigenvalue weighted by atomic mass is 10.1. The Kier molecular flexibility index (Phi) is 7.63. The molecule has 0 saturated carbocycles. The van der Waals surface area contributed by atoms with Crippen LogP contribution in [0.1, 0.15) is 44.0 Å². The van der Waals surface area contributed by atoms with Crippen LogP contribution in [0.2, 0.25) is 5.02 Å². The first-order valence-electron chi connectivity index (χ1n) is 7.30. The molecule has 0 heterocycles. The Morgan fingerprint density at radius 2 is 1.85 bits per heavy atom. The largest absolute Gasteiger partial charge is 0.492 e. The van der Waals surface area contributed by atoms with Crippen molar-refractivity contribution in [1.29, 1.82) is 0 Å². The van der Waals surface area contributed by atoms with E-state index in [1.165, 1.54) is 0 Å². The lowest BCUT2D eigenvalue weighted by molar-refractivity contribution is 0.0930. The maximum atomic E-state index is 12.3. The van der Waals surface area contributed by atoms with Crippen LogP contribution in [0.25, 0.3) is 0 Å². The molecule has 0 aliphatic carbocycles. The summed E-state index contributed by atoms with van der Waals surface area (Å²) in [4.78, 5) is 14.5. The second kappa shape index (κ2) is 8.98. The molecule has 0 unspecified atom stereocenters. The van der Waals surface area contributed by atoms with Gasteiger partial charge in [0.05, 0.1) is 18.2 Å². The Morgan fingerprint density at radius 1 is 1.20 bits per heavy atom. The summed E-state index contributed by atoms with van der Waals surface area (Å²) < 4.78 is 5.38. The Hall–Kier alpha value is -1.06. The number of hydrogen-bond donors (Lipinski definition) is 0. The van der Waals surface area contributed by atoms with Gasteiger partial charge in [-0.2, -0.15) is 0 Å². The summed E-state index contributed by atoms with van der Waals surface area (Å²) in [5.41, 5.74) is 0.649. The van der Waals surface area contributed by atoms with Crippen LogP contribution in [0.5, 0.6) is 5.75 Å². The lowest BCUT2D eigenvalue weighted by Crippen LogP contribution is -2.31. The second-order valence-corrected chi connectivity index (χ2v) is 5.18. The molecule has 1 aromatic rings. The van der Waals surface area contributed by atoms with E-state index in [9.17, 15) is 4.79 Å². The molecule has 1 rings (SSSR count). The van der Waals surface area contributed by atoms with E-state index in [0.717, 1.165) is 25.9 Å². The van der Waals surface area contributed by atoms with E-state index >= 15 is 0 Å². The van der Waals surface area contributed by atoms with Crippen LogP contribution in [0.4, 0.5) is 0 Å². The first-order valence-corrected chi connectivity index (χ1v) is 7.68. The molecule has 112 valence electrons. The highest BCUT2D eigenvalue weighted by molar-refractivity contribution is 6.32. The number of halogens is 1. The van der Waals surface area contributed by atoms with Gasteiger partial charge >= 0.3 is 0 Å². The minimum atomic E-state index is 0.108. The van der Waals surface area contributed by atoms with Crippen LogP contribution >= 0.6 is 11.6 Å². The van der Waals surface area contributed by atoms with E-state index in [4.69, 9.17) is 16.3 Å². The molecule has 0 atom stereocenters. The second-order valence-electron chi connectivity index (χ2n) is 4.78. The molecular formula is C16H24ClNO2. The van der Waals surface area contributed by atoms with Crippen molar-refractivity contribution in [3.05, 3.63) is 28.8 Å². The number of ketones is 1. The van der Waals surface area contributed by atoms with Crippen LogP contribution in [-0.4, -0.2) is 36.9 Å². The van der Waals surface area contributed by atoms with Crippen molar-refractivity contribution in [2.75, 3.05) is 26.2 Å². The van der Waals surface area contributed by atoms with Gasteiger partial charge in [-0.15, -0.1) is 0 Å². The Balaban J connectivity index is 2.73. The number of hydrogen-bond acceptors (Lipinski definition) is 3. The third kappa shape index (κ3) is 5.14. The van der Waals surface area contributed by atoms with Gasteiger partial charge < -0.3 is 4.74 Å². The summed E-state index contributed by atoms with van der Waals surface area (Å²) in [6.07, 6.45) is 2.11. The number of rotatable bonds is 9. The fourth-order valence-corrected chi connectivity index (χ4v) is 2.38. The molecule has 0 amide bonds. The summed E-state index contributed by atoms with van der Waals surface area (Å²) in [5, 5.41) is 0.496. The van der Waals surface area contributed by atoms with Gasteiger partial charge in [-0.05, 0) is 51.1 Å². The van der Waals surface area contributed by atoms with Crippen molar-refractivity contribution < 1.29 is 9.53 Å². The van der Waals surface area contributed by atoms with Crippen molar-refractivity contribution in [3.8, 4) is 5.75 Å². The topological polar surface area (TPSA) is 29.5 Å². The first kappa shape index (κ1) is 17.0. The molecule has 0 spiro atoms. The minimum Gasteiger partial charge on any atom is -0.492 e. The van der Waals surface area contributed by atoms with E-state index in [1.54, 1.807) is 18.2 Å². The zero-order valence-corrected chi connectivity index (χ0v) is 13.4. The van der Waals surface area contributed by atoms with Crippen LogP contribution < -0.4 is 4.74 Å². The Labute approximate surface area is 126 Å². The molecular weight excluding hydrogens is 274 g/mol. The lowest BCUT2D eigenvalue weighted by Gasteiger charge is -2.20. The van der Waals surface area contributed by atoms with Crippen molar-refractivity contribution >= 4 is 17.4 Å². The molecule has 0 aliphatic heterocycles. The predicted octanol–water partition coefficient (Wildman–Crippen LogP) is 4.04. The molecule has 0 N–H and O–H groups in total. The molecule has 0 saturated heterocycles. The number of benzene rings is 1. The Bertz CT molecular complexity index is 428. The minimum absolute atomic E-state index is 0.108. The van der Waals surface area contributed by atoms with Gasteiger partial charge in [-0.25, -0.2) is 0 Å². The quantitative estimate of drug-likeness (QED) is 0.644. The average molecular weight is 298 g/mol. The molecule has 0 bridgehead atoms. The first-order chi connectivity index (χ1) is 9.62. The zero-order valence-electron chi connectivity index (χ0n) is 12.6. The van der Waals surface area contributed by atoms with E-state index < -0.39 is 0 Å². The van der Waals surface area contributed by atoms with E-state index in [0.29, 0.717) is 29.5 Å². The third-order valence-electron chi connectivity index (χ3n) is 3.00. The highest BCUT2D eigenvalue weighted by Gasteiger charge is 2.13. The van der Waals surface area contributed by atoms with Crippen LogP contribution in [0.3, 0.4) is 0 Å². The third-order valence-corrected chi connectivity index (χ3v) is 3.30. The zero-order chi connectivity index (χ0) is 15.0. The maximum Gasteiger partial charge on any atom is 0.176 e. The van der Waals surface area contributed by atoms with Gasteiger partial charge in [0, 0.05) is 5.56 Å². The standard InChI is InChI=1S/C16H24ClNO2/c1-4-9-18(10-5-2)12-15(19)13-7-8-16(20-6-3)14(17)11-13/h7-8,11H,4-6,9-10,12H2,1-3H3. The van der Waals surface area contributed by atoms with E-state index in [1.807, 2.05) is 6.92 Å². The number of carbonyl (C=O) groups excluding carboxylic acids is 1. The fourth-order valence-electron chi connectivity index (χ4n) is 2.14. The normalized spacial score (nSPS) is 10.8. The molecule has 4 heteroatoms. The van der Waals surface area contributed by atoms with Gasteiger partial charge in [0.2, 0.25) is 0 Å². The van der Waals surface area contributed by atoms with Gasteiger partial charge in [0.15, 0.2) is 5.78 Å². The SMILES string of the molecule is CCCN(CCC)CC(=O)c1ccc(OCC)c(Cl)c1. The Morgan fingerprint density at radius 3 is 2.35 bits per heavy atom. The monoisotopic (exact) mass is 297 g/mol. The van der Waals surface area contributed by atoms with Gasteiger partial charge in [0.25, 0.3) is 0 Å². The van der Waals surface area contributed by atoms with Gasteiger partial charge in [-0.3, -0.25) is 9.69 Å². The molecule has 0 aliphatic rings.